The molecule has 1 N–H and O–H groups in total. The number of para-hydroxylation sites is 1. The van der Waals surface area contributed by atoms with Crippen LogP contribution in [0.25, 0.3) is 0 Å². The summed E-state index contributed by atoms with van der Waals surface area (Å²) in [5, 5.41) is 2.50. The molecule has 0 aromatic heterocycles. The van der Waals surface area contributed by atoms with Crippen LogP contribution in [0.5, 0.6) is 0 Å². The number of urea groups is 1. The average molecular weight is 272 g/mol. The molecule has 1 saturated heterocycles. The standard InChI is InChI=1S/C13H15F3N2O/c14-13(15,16)11-8-4-5-9-18(11)12(19)17-10-6-2-1-3-7-10/h1-3,6-7,11H,4-5,8-9H2,(H,17,19). The third-order valence-corrected chi connectivity index (χ3v) is 3.17. The van der Waals surface area contributed by atoms with Gasteiger partial charge in [-0.05, 0) is 31.4 Å². The molecule has 1 aromatic rings. The van der Waals surface area contributed by atoms with E-state index < -0.39 is 18.2 Å². The van der Waals surface area contributed by atoms with Gasteiger partial charge in [0.1, 0.15) is 6.04 Å². The Morgan fingerprint density at radius 1 is 1.21 bits per heavy atom. The second-order valence-corrected chi connectivity index (χ2v) is 4.54. The smallest absolute Gasteiger partial charge is 0.312 e. The summed E-state index contributed by atoms with van der Waals surface area (Å²) in [5.74, 6) is 0. The molecule has 6 heteroatoms. The van der Waals surface area contributed by atoms with Crippen molar-refractivity contribution in [3.63, 3.8) is 0 Å². The van der Waals surface area contributed by atoms with Gasteiger partial charge in [0.05, 0.1) is 0 Å². The van der Waals surface area contributed by atoms with Crippen LogP contribution in [-0.4, -0.2) is 29.7 Å². The van der Waals surface area contributed by atoms with E-state index in [-0.39, 0.29) is 13.0 Å². The molecule has 0 radical (unpaired) electrons. The van der Waals surface area contributed by atoms with Crippen LogP contribution >= 0.6 is 0 Å². The molecule has 2 rings (SSSR count). The number of alkyl halides is 3. The molecule has 1 aliphatic heterocycles. The zero-order valence-electron chi connectivity index (χ0n) is 10.3. The molecule has 0 aliphatic carbocycles. The Balaban J connectivity index is 2.08. The van der Waals surface area contributed by atoms with E-state index in [1.807, 2.05) is 0 Å². The zero-order chi connectivity index (χ0) is 13.9. The van der Waals surface area contributed by atoms with E-state index in [2.05, 4.69) is 5.32 Å². The van der Waals surface area contributed by atoms with Gasteiger partial charge >= 0.3 is 12.2 Å². The van der Waals surface area contributed by atoms with Crippen molar-refractivity contribution in [2.75, 3.05) is 11.9 Å². The minimum absolute atomic E-state index is 0.0221. The average Bonchev–Trinajstić information content (AvgIpc) is 2.39. The van der Waals surface area contributed by atoms with Crippen molar-refractivity contribution >= 4 is 11.7 Å². The normalized spacial score (nSPS) is 20.2. The van der Waals surface area contributed by atoms with E-state index in [4.69, 9.17) is 0 Å². The first kappa shape index (κ1) is 13.7. The molecular weight excluding hydrogens is 257 g/mol. The van der Waals surface area contributed by atoms with Crippen molar-refractivity contribution in [1.82, 2.24) is 4.90 Å². The monoisotopic (exact) mass is 272 g/mol. The third-order valence-electron chi connectivity index (χ3n) is 3.17. The molecule has 1 aromatic carbocycles. The highest BCUT2D eigenvalue weighted by Crippen LogP contribution is 2.32. The molecule has 1 heterocycles. The second-order valence-electron chi connectivity index (χ2n) is 4.54. The number of nitrogens with one attached hydrogen (secondary N) is 1. The van der Waals surface area contributed by atoms with E-state index in [0.29, 0.717) is 18.5 Å². The predicted octanol–water partition coefficient (Wildman–Crippen LogP) is 3.64. The molecular formula is C13H15F3N2O. The number of nitrogens with zero attached hydrogens (tertiary/aromatic N) is 1. The van der Waals surface area contributed by atoms with Crippen molar-refractivity contribution in [3.8, 4) is 0 Å². The van der Waals surface area contributed by atoms with Crippen LogP contribution in [0.2, 0.25) is 0 Å². The number of rotatable bonds is 1. The van der Waals surface area contributed by atoms with Gasteiger partial charge in [-0.1, -0.05) is 18.2 Å². The number of amides is 2. The van der Waals surface area contributed by atoms with Crippen LogP contribution in [0.15, 0.2) is 30.3 Å². The fourth-order valence-electron chi connectivity index (χ4n) is 2.23. The van der Waals surface area contributed by atoms with Crippen molar-refractivity contribution < 1.29 is 18.0 Å². The molecule has 1 atom stereocenters. The summed E-state index contributed by atoms with van der Waals surface area (Å²) in [6, 6.07) is 6.13. The number of halogens is 3. The van der Waals surface area contributed by atoms with Gasteiger partial charge < -0.3 is 10.2 Å². The number of benzene rings is 1. The summed E-state index contributed by atoms with van der Waals surface area (Å²) in [6.07, 6.45) is -3.28. The van der Waals surface area contributed by atoms with E-state index in [1.165, 1.54) is 0 Å². The molecule has 104 valence electrons. The van der Waals surface area contributed by atoms with Crippen LogP contribution in [0, 0.1) is 0 Å². The van der Waals surface area contributed by atoms with Crippen LogP contribution < -0.4 is 5.32 Å². The molecule has 2 amide bonds. The Kier molecular flexibility index (Phi) is 3.97. The lowest BCUT2D eigenvalue weighted by atomic mass is 10.0. The highest BCUT2D eigenvalue weighted by Gasteiger charge is 2.46. The molecule has 0 saturated carbocycles. The second kappa shape index (κ2) is 5.50. The largest absolute Gasteiger partial charge is 0.408 e. The van der Waals surface area contributed by atoms with Crippen LogP contribution in [-0.2, 0) is 0 Å². The molecule has 1 aliphatic rings. The lowest BCUT2D eigenvalue weighted by Gasteiger charge is -2.36. The molecule has 3 nitrogen and oxygen atoms in total. The Bertz CT molecular complexity index is 433. The van der Waals surface area contributed by atoms with Gasteiger partial charge in [0.2, 0.25) is 0 Å². The van der Waals surface area contributed by atoms with Crippen LogP contribution in [0.4, 0.5) is 23.7 Å². The third kappa shape index (κ3) is 3.39. The number of hydrogen-bond acceptors (Lipinski definition) is 1. The Hall–Kier alpha value is -1.72. The van der Waals surface area contributed by atoms with Gasteiger partial charge in [0.15, 0.2) is 0 Å². The van der Waals surface area contributed by atoms with Gasteiger partial charge in [-0.3, -0.25) is 0 Å². The van der Waals surface area contributed by atoms with Crippen LogP contribution in [0.1, 0.15) is 19.3 Å². The van der Waals surface area contributed by atoms with Gasteiger partial charge in [0, 0.05) is 12.2 Å². The summed E-state index contributed by atoms with van der Waals surface area (Å²) in [6.45, 7) is 0.142. The van der Waals surface area contributed by atoms with Gasteiger partial charge in [-0.15, -0.1) is 0 Å². The number of carbonyl (C=O) groups is 1. The fraction of sp³-hybridized carbons (Fsp3) is 0.462. The van der Waals surface area contributed by atoms with E-state index in [9.17, 15) is 18.0 Å². The number of hydrogen-bond donors (Lipinski definition) is 1. The lowest BCUT2D eigenvalue weighted by molar-refractivity contribution is -0.181. The Morgan fingerprint density at radius 2 is 1.89 bits per heavy atom. The van der Waals surface area contributed by atoms with E-state index in [1.54, 1.807) is 30.3 Å². The molecule has 1 fully saturated rings. The van der Waals surface area contributed by atoms with Crippen molar-refractivity contribution in [2.45, 2.75) is 31.5 Å². The minimum atomic E-state index is -4.37. The minimum Gasteiger partial charge on any atom is -0.312 e. The number of anilines is 1. The quantitative estimate of drug-likeness (QED) is 0.831. The van der Waals surface area contributed by atoms with Gasteiger partial charge in [0.25, 0.3) is 0 Å². The molecule has 19 heavy (non-hydrogen) atoms. The predicted molar refractivity (Wildman–Crippen MR) is 65.9 cm³/mol. The first-order valence-corrected chi connectivity index (χ1v) is 6.18. The Morgan fingerprint density at radius 3 is 2.53 bits per heavy atom. The zero-order valence-corrected chi connectivity index (χ0v) is 10.3. The lowest BCUT2D eigenvalue weighted by Crippen LogP contribution is -2.52. The molecule has 0 spiro atoms. The number of likely N-dealkylation sites (tertiary alicyclic amines) is 1. The molecule has 1 unspecified atom stereocenters. The maximum atomic E-state index is 12.9. The van der Waals surface area contributed by atoms with E-state index >= 15 is 0 Å². The topological polar surface area (TPSA) is 32.3 Å². The first-order chi connectivity index (χ1) is 8.98. The maximum absolute atomic E-state index is 12.9. The highest BCUT2D eigenvalue weighted by atomic mass is 19.4. The number of piperidine rings is 1. The van der Waals surface area contributed by atoms with Crippen LogP contribution in [0.3, 0.4) is 0 Å². The summed E-state index contributed by atoms with van der Waals surface area (Å²) in [5.41, 5.74) is 0.499. The Labute approximate surface area is 109 Å². The maximum Gasteiger partial charge on any atom is 0.408 e. The summed E-state index contributed by atoms with van der Waals surface area (Å²) in [4.78, 5) is 12.8. The van der Waals surface area contributed by atoms with Crippen molar-refractivity contribution in [3.05, 3.63) is 30.3 Å². The summed E-state index contributed by atoms with van der Waals surface area (Å²) in [7, 11) is 0. The summed E-state index contributed by atoms with van der Waals surface area (Å²) >= 11 is 0. The van der Waals surface area contributed by atoms with Crippen molar-refractivity contribution in [2.24, 2.45) is 0 Å². The SMILES string of the molecule is O=C(Nc1ccccc1)N1CCCCC1C(F)(F)F. The summed E-state index contributed by atoms with van der Waals surface area (Å²) < 4.78 is 38.6. The first-order valence-electron chi connectivity index (χ1n) is 6.18. The number of carbonyl (C=O) groups excluding carboxylic acids is 1. The van der Waals surface area contributed by atoms with Gasteiger partial charge in [-0.2, -0.15) is 13.2 Å². The van der Waals surface area contributed by atoms with E-state index in [0.717, 1.165) is 4.90 Å². The van der Waals surface area contributed by atoms with Crippen molar-refractivity contribution in [1.29, 1.82) is 0 Å². The highest BCUT2D eigenvalue weighted by molar-refractivity contribution is 5.89. The molecule has 0 bridgehead atoms. The fourth-order valence-corrected chi connectivity index (χ4v) is 2.23. The van der Waals surface area contributed by atoms with Gasteiger partial charge in [-0.25, -0.2) is 4.79 Å².